The first-order valence-corrected chi connectivity index (χ1v) is 11.9. The van der Waals surface area contributed by atoms with Gasteiger partial charge in [0.25, 0.3) is 0 Å². The van der Waals surface area contributed by atoms with Crippen molar-refractivity contribution in [2.45, 2.75) is 19.4 Å². The molecule has 0 unspecified atom stereocenters. The summed E-state index contributed by atoms with van der Waals surface area (Å²) in [6, 6.07) is 25.9. The van der Waals surface area contributed by atoms with E-state index in [9.17, 15) is 4.39 Å². The Morgan fingerprint density at radius 2 is 1.40 bits per heavy atom. The molecule has 0 amide bonds. The van der Waals surface area contributed by atoms with Crippen LogP contribution in [0.5, 0.6) is 11.5 Å². The van der Waals surface area contributed by atoms with Gasteiger partial charge in [0.1, 0.15) is 23.9 Å². The first-order valence-electron chi connectivity index (χ1n) is 11.1. The maximum absolute atomic E-state index is 13.3. The zero-order valence-corrected chi connectivity index (χ0v) is 20.8. The van der Waals surface area contributed by atoms with Gasteiger partial charge < -0.3 is 14.2 Å². The van der Waals surface area contributed by atoms with E-state index < -0.39 is 0 Å². The molecule has 0 atom stereocenters. The predicted octanol–water partition coefficient (Wildman–Crippen LogP) is 7.88. The molecule has 0 heterocycles. The molecule has 4 aromatic rings. The fourth-order valence-corrected chi connectivity index (χ4v) is 4.34. The molecule has 0 aromatic heterocycles. The second-order valence-electron chi connectivity index (χ2n) is 8.11. The molecule has 0 saturated heterocycles. The van der Waals surface area contributed by atoms with Crippen LogP contribution in [0.25, 0.3) is 0 Å². The summed E-state index contributed by atoms with van der Waals surface area (Å²) < 4.78 is 30.0. The second kappa shape index (κ2) is 12.1. The van der Waals surface area contributed by atoms with E-state index >= 15 is 0 Å². The summed E-state index contributed by atoms with van der Waals surface area (Å²) in [4.78, 5) is 0. The molecule has 0 aliphatic carbocycles. The molecular formula is C29H25Cl2FO3. The first kappa shape index (κ1) is 25.1. The number of hydrogen-bond donors (Lipinski definition) is 0. The minimum absolute atomic E-state index is 0.137. The topological polar surface area (TPSA) is 27.7 Å². The van der Waals surface area contributed by atoms with E-state index in [1.165, 1.54) is 12.1 Å². The third-order valence-corrected chi connectivity index (χ3v) is 6.18. The van der Waals surface area contributed by atoms with Crippen molar-refractivity contribution in [1.29, 1.82) is 0 Å². The smallest absolute Gasteiger partial charge is 0.188 e. The minimum atomic E-state index is -0.265. The molecule has 0 fully saturated rings. The Labute approximate surface area is 215 Å². The van der Waals surface area contributed by atoms with Crippen LogP contribution < -0.4 is 9.47 Å². The van der Waals surface area contributed by atoms with E-state index in [4.69, 9.17) is 37.4 Å². The van der Waals surface area contributed by atoms with Crippen LogP contribution in [0.3, 0.4) is 0 Å². The highest BCUT2D eigenvalue weighted by molar-refractivity contribution is 6.36. The molecule has 0 aliphatic heterocycles. The summed E-state index contributed by atoms with van der Waals surface area (Å²) in [6.45, 7) is 0.570. The van der Waals surface area contributed by atoms with Gasteiger partial charge in [-0.2, -0.15) is 0 Å². The van der Waals surface area contributed by atoms with Gasteiger partial charge in [0, 0.05) is 30.0 Å². The molecule has 0 radical (unpaired) electrons. The van der Waals surface area contributed by atoms with Crippen molar-refractivity contribution in [3.8, 4) is 11.5 Å². The molecule has 0 spiro atoms. The Balaban J connectivity index is 1.53. The Bertz CT molecular complexity index is 1240. The van der Waals surface area contributed by atoms with Gasteiger partial charge in [0.2, 0.25) is 0 Å². The van der Waals surface area contributed by atoms with Gasteiger partial charge in [0.05, 0.1) is 0 Å². The fraction of sp³-hybridized carbons (Fsp3) is 0.172. The summed E-state index contributed by atoms with van der Waals surface area (Å²) in [5, 5.41) is 1.08. The summed E-state index contributed by atoms with van der Waals surface area (Å²) in [7, 11) is 1.57. The van der Waals surface area contributed by atoms with Gasteiger partial charge in [-0.15, -0.1) is 0 Å². The minimum Gasteiger partial charge on any atom is -0.489 e. The standard InChI is InChI=1S/C29H25Cl2FO3/c1-33-19-35-29-12-9-22(14-23(29)13-20-7-10-24(32)11-8-20)15-26-27(30)16-25(17-28(26)31)34-18-21-5-3-2-4-6-21/h2-12,14,16-17H,13,15,18-19H2,1H3. The van der Waals surface area contributed by atoms with Crippen LogP contribution in [0, 0.1) is 5.82 Å². The van der Waals surface area contributed by atoms with Crippen LogP contribution in [0.4, 0.5) is 4.39 Å². The SMILES string of the molecule is COCOc1ccc(Cc2c(Cl)cc(OCc3ccccc3)cc2Cl)cc1Cc1ccc(F)cc1. The molecule has 4 aromatic carbocycles. The Kier molecular flexibility index (Phi) is 8.64. The molecule has 0 bridgehead atoms. The van der Waals surface area contributed by atoms with E-state index in [1.807, 2.05) is 42.5 Å². The highest BCUT2D eigenvalue weighted by atomic mass is 35.5. The molecular weight excluding hydrogens is 486 g/mol. The largest absolute Gasteiger partial charge is 0.489 e. The summed E-state index contributed by atoms with van der Waals surface area (Å²) in [5.74, 6) is 1.06. The molecule has 35 heavy (non-hydrogen) atoms. The summed E-state index contributed by atoms with van der Waals surface area (Å²) >= 11 is 13.2. The third-order valence-electron chi connectivity index (χ3n) is 5.51. The van der Waals surface area contributed by atoms with Crippen LogP contribution in [0.2, 0.25) is 10.0 Å². The van der Waals surface area contributed by atoms with Crippen LogP contribution >= 0.6 is 23.2 Å². The van der Waals surface area contributed by atoms with Gasteiger partial charge >= 0.3 is 0 Å². The van der Waals surface area contributed by atoms with Crippen LogP contribution in [0.15, 0.2) is 84.9 Å². The number of hydrogen-bond acceptors (Lipinski definition) is 3. The van der Waals surface area contributed by atoms with Crippen molar-refractivity contribution >= 4 is 23.2 Å². The molecule has 0 saturated carbocycles. The van der Waals surface area contributed by atoms with Crippen molar-refractivity contribution in [3.05, 3.63) is 129 Å². The third kappa shape index (κ3) is 6.98. The maximum atomic E-state index is 13.3. The summed E-state index contributed by atoms with van der Waals surface area (Å²) in [6.07, 6.45) is 1.12. The van der Waals surface area contributed by atoms with E-state index in [0.717, 1.165) is 27.8 Å². The van der Waals surface area contributed by atoms with Gasteiger partial charge in [-0.25, -0.2) is 4.39 Å². The zero-order valence-electron chi connectivity index (χ0n) is 19.3. The normalized spacial score (nSPS) is 10.9. The second-order valence-corrected chi connectivity index (χ2v) is 8.93. The van der Waals surface area contributed by atoms with Gasteiger partial charge in [-0.05, 0) is 58.1 Å². The molecule has 180 valence electrons. The zero-order chi connectivity index (χ0) is 24.6. The number of halogens is 3. The Morgan fingerprint density at radius 1 is 0.714 bits per heavy atom. The molecule has 3 nitrogen and oxygen atoms in total. The number of methoxy groups -OCH3 is 1. The number of ether oxygens (including phenoxy) is 3. The quantitative estimate of drug-likeness (QED) is 0.203. The first-order chi connectivity index (χ1) is 17.0. The van der Waals surface area contributed by atoms with Crippen LogP contribution in [-0.2, 0) is 24.2 Å². The van der Waals surface area contributed by atoms with E-state index in [2.05, 4.69) is 6.07 Å². The lowest BCUT2D eigenvalue weighted by Gasteiger charge is -2.15. The number of benzene rings is 4. The van der Waals surface area contributed by atoms with Crippen molar-refractivity contribution in [2.24, 2.45) is 0 Å². The lowest BCUT2D eigenvalue weighted by molar-refractivity contribution is 0.0505. The molecule has 0 N–H and O–H groups in total. The lowest BCUT2D eigenvalue weighted by Crippen LogP contribution is -2.03. The average molecular weight is 511 g/mol. The van der Waals surface area contributed by atoms with Crippen LogP contribution in [-0.4, -0.2) is 13.9 Å². The molecule has 6 heteroatoms. The number of rotatable bonds is 10. The van der Waals surface area contributed by atoms with Crippen molar-refractivity contribution in [1.82, 2.24) is 0 Å². The van der Waals surface area contributed by atoms with Crippen molar-refractivity contribution in [2.75, 3.05) is 13.9 Å². The van der Waals surface area contributed by atoms with Crippen molar-refractivity contribution < 1.29 is 18.6 Å². The van der Waals surface area contributed by atoms with E-state index in [1.54, 1.807) is 31.4 Å². The van der Waals surface area contributed by atoms with E-state index in [-0.39, 0.29) is 12.6 Å². The highest BCUT2D eigenvalue weighted by Crippen LogP contribution is 2.33. The van der Waals surface area contributed by atoms with Gasteiger partial charge in [0.15, 0.2) is 6.79 Å². The molecule has 0 aliphatic rings. The van der Waals surface area contributed by atoms with E-state index in [0.29, 0.717) is 41.0 Å². The van der Waals surface area contributed by atoms with Gasteiger partial charge in [-0.1, -0.05) is 77.8 Å². The van der Waals surface area contributed by atoms with Crippen molar-refractivity contribution in [3.63, 3.8) is 0 Å². The predicted molar refractivity (Wildman–Crippen MR) is 138 cm³/mol. The Hall–Kier alpha value is -3.05. The fourth-order valence-electron chi connectivity index (χ4n) is 3.74. The monoisotopic (exact) mass is 510 g/mol. The molecule has 4 rings (SSSR count). The lowest BCUT2D eigenvalue weighted by atomic mass is 9.98. The average Bonchev–Trinajstić information content (AvgIpc) is 2.86. The maximum Gasteiger partial charge on any atom is 0.188 e. The van der Waals surface area contributed by atoms with Crippen LogP contribution in [0.1, 0.15) is 27.8 Å². The Morgan fingerprint density at radius 3 is 2.09 bits per heavy atom. The highest BCUT2D eigenvalue weighted by Gasteiger charge is 2.13. The summed E-state index contributed by atoms with van der Waals surface area (Å²) in [5.41, 5.74) is 4.84. The van der Waals surface area contributed by atoms with Gasteiger partial charge in [-0.3, -0.25) is 0 Å².